The number of phosphoric ester groups is 2. The lowest BCUT2D eigenvalue weighted by Gasteiger charge is -2.15. The Morgan fingerprint density at radius 1 is 0.882 bits per heavy atom. The largest absolute Gasteiger partial charge is 0.654 e. The molecule has 2 saturated heterocycles. The van der Waals surface area contributed by atoms with Crippen LogP contribution in [0.25, 0.3) is 0 Å². The molecule has 0 N–H and O–H groups in total. The predicted octanol–water partition coefficient (Wildman–Crippen LogP) is 2.06. The van der Waals surface area contributed by atoms with Crippen LogP contribution in [-0.2, 0) is 41.0 Å². The van der Waals surface area contributed by atoms with Gasteiger partial charge in [-0.3, -0.25) is 0 Å². The number of phosphoric acid groups is 2. The van der Waals surface area contributed by atoms with E-state index in [2.05, 4.69) is 9.05 Å². The second-order valence-electron chi connectivity index (χ2n) is 3.33. The standard InChI is InChI=1S/C6H4O9P2/c7-16-10-3(4(11-16)12-16)1-2-9-5-6-14-17(8,13-5)15-6/h1-2H2. The van der Waals surface area contributed by atoms with Gasteiger partial charge in [-0.1, -0.05) is 0 Å². The Balaban J connectivity index is 1.33. The number of fused-ring (bicyclic) bond motifs is 2. The van der Waals surface area contributed by atoms with Gasteiger partial charge in [-0.2, -0.15) is 9.13 Å². The molecule has 0 amide bonds. The average Bonchev–Trinajstić information content (AvgIpc) is 2.81. The minimum Gasteiger partial charge on any atom is -0.459 e. The molecule has 6 heterocycles. The molecule has 6 rings (SSSR count). The predicted molar refractivity (Wildman–Crippen MR) is 46.3 cm³/mol. The van der Waals surface area contributed by atoms with Gasteiger partial charge >= 0.3 is 33.5 Å². The monoisotopic (exact) mass is 282 g/mol. The van der Waals surface area contributed by atoms with Crippen LogP contribution in [0.4, 0.5) is 0 Å². The average molecular weight is 282 g/mol. The highest BCUT2D eigenvalue weighted by Gasteiger charge is 2.58. The van der Waals surface area contributed by atoms with Crippen LogP contribution in [-0.4, -0.2) is 6.61 Å². The van der Waals surface area contributed by atoms with E-state index < -0.39 is 15.6 Å². The third kappa shape index (κ3) is 1.26. The zero-order valence-corrected chi connectivity index (χ0v) is 9.77. The summed E-state index contributed by atoms with van der Waals surface area (Å²) < 4.78 is 55.7. The number of hydrogen-bond acceptors (Lipinski definition) is 9. The SMILES string of the molecule is O=P12OC(CCOC3=C4OP(=O)(O3)O4)=C(O1)O2. The van der Waals surface area contributed by atoms with Gasteiger partial charge in [-0.05, 0) is 0 Å². The van der Waals surface area contributed by atoms with E-state index in [1.165, 1.54) is 0 Å². The van der Waals surface area contributed by atoms with E-state index in [-0.39, 0.29) is 30.9 Å². The minimum absolute atomic E-state index is 0.0251. The Morgan fingerprint density at radius 3 is 2.06 bits per heavy atom. The smallest absolute Gasteiger partial charge is 0.459 e. The molecule has 11 heteroatoms. The summed E-state index contributed by atoms with van der Waals surface area (Å²) in [6.07, 6.45) is 0.268. The zero-order chi connectivity index (χ0) is 11.7. The first-order valence-corrected chi connectivity index (χ1v) is 7.45. The topological polar surface area (TPSA) is 98.8 Å². The van der Waals surface area contributed by atoms with E-state index in [1.54, 1.807) is 0 Å². The molecular weight excluding hydrogens is 278 g/mol. The lowest BCUT2D eigenvalue weighted by molar-refractivity contribution is 0.0972. The summed E-state index contributed by atoms with van der Waals surface area (Å²) in [5, 5.41) is 0. The van der Waals surface area contributed by atoms with Gasteiger partial charge in [0.15, 0.2) is 5.76 Å². The Bertz CT molecular complexity index is 500. The molecule has 0 spiro atoms. The molecule has 2 fully saturated rings. The van der Waals surface area contributed by atoms with Crippen molar-refractivity contribution in [2.45, 2.75) is 6.42 Å². The summed E-state index contributed by atoms with van der Waals surface area (Å²) in [5.41, 5.74) is 0. The van der Waals surface area contributed by atoms with Crippen LogP contribution >= 0.6 is 15.6 Å². The van der Waals surface area contributed by atoms with Crippen LogP contribution in [0.2, 0.25) is 0 Å². The minimum atomic E-state index is -3.37. The summed E-state index contributed by atoms with van der Waals surface area (Å²) >= 11 is 0. The normalized spacial score (nSPS) is 27.5. The summed E-state index contributed by atoms with van der Waals surface area (Å²) in [6.45, 7) is 0.122. The van der Waals surface area contributed by atoms with Crippen LogP contribution in [0.5, 0.6) is 0 Å². The third-order valence-corrected chi connectivity index (χ3v) is 4.54. The van der Waals surface area contributed by atoms with Gasteiger partial charge in [0.05, 0.1) is 6.61 Å². The molecule has 0 aliphatic carbocycles. The van der Waals surface area contributed by atoms with Crippen molar-refractivity contribution in [3.8, 4) is 0 Å². The lowest BCUT2D eigenvalue weighted by Crippen LogP contribution is -2.01. The van der Waals surface area contributed by atoms with Crippen LogP contribution in [0.1, 0.15) is 6.42 Å². The van der Waals surface area contributed by atoms with E-state index in [1.807, 2.05) is 0 Å². The second-order valence-corrected chi connectivity index (χ2v) is 6.21. The zero-order valence-electron chi connectivity index (χ0n) is 7.98. The molecule has 0 unspecified atom stereocenters. The van der Waals surface area contributed by atoms with Crippen LogP contribution in [0.3, 0.4) is 0 Å². The van der Waals surface area contributed by atoms with Gasteiger partial charge in [0, 0.05) is 6.42 Å². The van der Waals surface area contributed by atoms with Gasteiger partial charge in [0.2, 0.25) is 0 Å². The van der Waals surface area contributed by atoms with E-state index >= 15 is 0 Å². The van der Waals surface area contributed by atoms with Gasteiger partial charge in [-0.25, -0.2) is 0 Å². The van der Waals surface area contributed by atoms with Crippen LogP contribution in [0, 0.1) is 0 Å². The third-order valence-electron chi connectivity index (χ3n) is 2.15. The summed E-state index contributed by atoms with van der Waals surface area (Å²) in [4.78, 5) is 0. The Labute approximate surface area is 94.1 Å². The molecule has 6 aliphatic rings. The van der Waals surface area contributed by atoms with Crippen molar-refractivity contribution in [1.82, 2.24) is 0 Å². The van der Waals surface area contributed by atoms with Crippen molar-refractivity contribution in [2.75, 3.05) is 6.61 Å². The lowest BCUT2D eigenvalue weighted by atomic mass is 10.4. The maximum Gasteiger partial charge on any atom is 0.654 e. The molecule has 0 aromatic carbocycles. The van der Waals surface area contributed by atoms with E-state index in [0.29, 0.717) is 5.76 Å². The van der Waals surface area contributed by atoms with E-state index in [9.17, 15) is 9.13 Å². The summed E-state index contributed by atoms with van der Waals surface area (Å²) in [7, 11) is -6.68. The number of hydrogen-bond donors (Lipinski definition) is 0. The number of ether oxygens (including phenoxy) is 1. The Morgan fingerprint density at radius 2 is 1.53 bits per heavy atom. The van der Waals surface area contributed by atoms with Crippen molar-refractivity contribution in [3.05, 3.63) is 23.6 Å². The summed E-state index contributed by atoms with van der Waals surface area (Å²) in [6, 6.07) is 0. The second kappa shape index (κ2) is 2.68. The molecule has 0 aromatic rings. The fourth-order valence-corrected chi connectivity index (χ4v) is 3.56. The Kier molecular flexibility index (Phi) is 1.51. The van der Waals surface area contributed by atoms with Crippen molar-refractivity contribution in [3.63, 3.8) is 0 Å². The first-order valence-electron chi connectivity index (χ1n) is 4.53. The van der Waals surface area contributed by atoms with E-state index in [4.69, 9.17) is 22.8 Å². The van der Waals surface area contributed by atoms with Crippen molar-refractivity contribution in [1.29, 1.82) is 0 Å². The van der Waals surface area contributed by atoms with Crippen molar-refractivity contribution in [2.24, 2.45) is 0 Å². The molecular formula is C6H4O9P2. The van der Waals surface area contributed by atoms with Crippen LogP contribution < -0.4 is 0 Å². The summed E-state index contributed by atoms with van der Waals surface area (Å²) in [5.74, 6) is 0.352. The highest BCUT2D eigenvalue weighted by molar-refractivity contribution is 7.50. The van der Waals surface area contributed by atoms with Crippen LogP contribution in [0.15, 0.2) is 23.6 Å². The molecule has 0 atom stereocenters. The highest BCUT2D eigenvalue weighted by atomic mass is 31.2. The first-order chi connectivity index (χ1) is 8.05. The van der Waals surface area contributed by atoms with Gasteiger partial charge < -0.3 is 31.9 Å². The van der Waals surface area contributed by atoms with Crippen molar-refractivity contribution >= 4 is 15.6 Å². The number of rotatable bonds is 4. The molecule has 17 heavy (non-hydrogen) atoms. The quantitative estimate of drug-likeness (QED) is 0.717. The molecule has 0 saturated carbocycles. The molecule has 0 aromatic heterocycles. The highest BCUT2D eigenvalue weighted by Crippen LogP contribution is 2.71. The molecule has 4 bridgehead atoms. The van der Waals surface area contributed by atoms with Crippen molar-refractivity contribution < 1.29 is 41.0 Å². The fourth-order valence-electron chi connectivity index (χ4n) is 1.45. The molecule has 9 nitrogen and oxygen atoms in total. The molecule has 6 aliphatic heterocycles. The molecule has 92 valence electrons. The maximum absolute atomic E-state index is 11.2. The first kappa shape index (κ1) is 9.56. The maximum atomic E-state index is 11.2. The van der Waals surface area contributed by atoms with Gasteiger partial charge in [-0.15, -0.1) is 0 Å². The Hall–Kier alpha value is -1.46. The van der Waals surface area contributed by atoms with Gasteiger partial charge in [0.25, 0.3) is 0 Å². The molecule has 0 radical (unpaired) electrons. The fraction of sp³-hybridized carbons (Fsp3) is 0.333. The van der Waals surface area contributed by atoms with E-state index in [0.717, 1.165) is 0 Å². The van der Waals surface area contributed by atoms with Gasteiger partial charge in [0.1, 0.15) is 0 Å².